The van der Waals surface area contributed by atoms with Crippen LogP contribution in [0.2, 0.25) is 0 Å². The molecule has 0 radical (unpaired) electrons. The van der Waals surface area contributed by atoms with Crippen molar-refractivity contribution in [3.8, 4) is 0 Å². The van der Waals surface area contributed by atoms with Gasteiger partial charge in [-0.15, -0.1) is 0 Å². The van der Waals surface area contributed by atoms with Gasteiger partial charge in [0, 0.05) is 32.4 Å². The van der Waals surface area contributed by atoms with Crippen LogP contribution in [0.1, 0.15) is 44.1 Å². The lowest BCUT2D eigenvalue weighted by molar-refractivity contribution is -0.00967. The highest BCUT2D eigenvalue weighted by molar-refractivity contribution is 7.89. The highest BCUT2D eigenvalue weighted by atomic mass is 32.2. The van der Waals surface area contributed by atoms with Crippen molar-refractivity contribution in [3.63, 3.8) is 0 Å². The van der Waals surface area contributed by atoms with E-state index in [0.717, 1.165) is 48.1 Å². The molecule has 0 spiro atoms. The normalized spacial score (nSPS) is 23.7. The topological polar surface area (TPSA) is 102 Å². The summed E-state index contributed by atoms with van der Waals surface area (Å²) in [6, 6.07) is 11.9. The Morgan fingerprint density at radius 1 is 1.09 bits per heavy atom. The van der Waals surface area contributed by atoms with Crippen LogP contribution in [0.15, 0.2) is 48.9 Å². The van der Waals surface area contributed by atoms with Crippen molar-refractivity contribution in [2.75, 3.05) is 30.8 Å². The van der Waals surface area contributed by atoms with Gasteiger partial charge in [-0.3, -0.25) is 0 Å². The number of anilines is 1. The van der Waals surface area contributed by atoms with Crippen LogP contribution < -0.4 is 4.90 Å². The van der Waals surface area contributed by atoms with Crippen LogP contribution in [0.3, 0.4) is 0 Å². The molecule has 1 aliphatic heterocycles. The lowest BCUT2D eigenvalue weighted by atomic mass is 9.85. The number of aliphatic hydroxyl groups is 1. The first-order valence-corrected chi connectivity index (χ1v) is 13.7. The summed E-state index contributed by atoms with van der Waals surface area (Å²) in [6.45, 7) is 0.734. The Balaban J connectivity index is 1.16. The van der Waals surface area contributed by atoms with E-state index in [2.05, 4.69) is 26.9 Å². The summed E-state index contributed by atoms with van der Waals surface area (Å²) in [5, 5.41) is 12.0. The molecule has 0 unspecified atom stereocenters. The maximum absolute atomic E-state index is 13.2. The number of nitrogens with zero attached hydrogens (tertiary/aromatic N) is 4. The largest absolute Gasteiger partial charge is 0.385 e. The number of hydrogen-bond acceptors (Lipinski definition) is 6. The fourth-order valence-electron chi connectivity index (χ4n) is 5.59. The zero-order valence-corrected chi connectivity index (χ0v) is 20.4. The van der Waals surface area contributed by atoms with Crippen molar-refractivity contribution in [3.05, 3.63) is 54.5 Å². The molecule has 8 nitrogen and oxygen atoms in total. The average molecular weight is 484 g/mol. The van der Waals surface area contributed by atoms with Gasteiger partial charge < -0.3 is 15.0 Å². The molecule has 1 aliphatic carbocycles. The summed E-state index contributed by atoms with van der Waals surface area (Å²) < 4.78 is 27.9. The van der Waals surface area contributed by atoms with E-state index in [-0.39, 0.29) is 11.7 Å². The van der Waals surface area contributed by atoms with E-state index in [9.17, 15) is 13.5 Å². The van der Waals surface area contributed by atoms with E-state index in [1.165, 1.54) is 0 Å². The molecule has 1 aromatic carbocycles. The van der Waals surface area contributed by atoms with Crippen molar-refractivity contribution in [1.82, 2.24) is 19.3 Å². The zero-order valence-electron chi connectivity index (χ0n) is 19.6. The standard InChI is InChI=1S/C25H33N5O3S/c1-29(24-22-11-14-26-23(22)27-18-28-24)21-9-7-19(8-10-21)17-34(32,33)30-15-12-25(31,13-16-30)20-5-3-2-4-6-20/h2-6,11,14,18-19,21,31H,7-10,12-13,15-17H2,1H3,(H,26,27,28)/t19-,21-. The third-order valence-electron chi connectivity index (χ3n) is 7.73. The van der Waals surface area contributed by atoms with Crippen molar-refractivity contribution < 1.29 is 13.5 Å². The SMILES string of the molecule is CN(c1ncnc2[nH]ccc12)[C@H]1CC[C@H](CS(=O)(=O)N2CCC(O)(c3ccccc3)CC2)CC1. The molecule has 3 aromatic rings. The Morgan fingerprint density at radius 2 is 1.79 bits per heavy atom. The van der Waals surface area contributed by atoms with E-state index in [0.29, 0.717) is 32.0 Å². The van der Waals surface area contributed by atoms with E-state index in [1.54, 1.807) is 10.6 Å². The van der Waals surface area contributed by atoms with Gasteiger partial charge in [0.05, 0.1) is 16.7 Å². The molecular weight excluding hydrogens is 450 g/mol. The molecule has 9 heteroatoms. The smallest absolute Gasteiger partial charge is 0.214 e. The molecule has 2 N–H and O–H groups in total. The minimum Gasteiger partial charge on any atom is -0.385 e. The van der Waals surface area contributed by atoms with Crippen LogP contribution in [0, 0.1) is 5.92 Å². The number of nitrogens with one attached hydrogen (secondary N) is 1. The number of rotatable bonds is 6. The van der Waals surface area contributed by atoms with Crippen LogP contribution in [0.25, 0.3) is 11.0 Å². The first kappa shape index (κ1) is 23.3. The second-order valence-electron chi connectivity index (χ2n) is 9.80. The van der Waals surface area contributed by atoms with Crippen LogP contribution in [-0.4, -0.2) is 64.7 Å². The van der Waals surface area contributed by atoms with Gasteiger partial charge in [0.15, 0.2) is 0 Å². The molecule has 1 saturated heterocycles. The lowest BCUT2D eigenvalue weighted by Gasteiger charge is -2.39. The molecule has 5 rings (SSSR count). The average Bonchev–Trinajstić information content (AvgIpc) is 3.34. The Hall–Kier alpha value is -2.49. The quantitative estimate of drug-likeness (QED) is 0.558. The van der Waals surface area contributed by atoms with Gasteiger partial charge in [0.2, 0.25) is 10.0 Å². The van der Waals surface area contributed by atoms with E-state index < -0.39 is 15.6 Å². The predicted molar refractivity (Wildman–Crippen MR) is 133 cm³/mol. The second-order valence-corrected chi connectivity index (χ2v) is 11.8. The maximum Gasteiger partial charge on any atom is 0.214 e. The molecule has 0 atom stereocenters. The van der Waals surface area contributed by atoms with Gasteiger partial charge in [0.1, 0.15) is 17.8 Å². The maximum atomic E-state index is 13.2. The summed E-state index contributed by atoms with van der Waals surface area (Å²) in [6.07, 6.45) is 7.98. The third kappa shape index (κ3) is 4.56. The highest BCUT2D eigenvalue weighted by Gasteiger charge is 2.39. The number of benzene rings is 1. The van der Waals surface area contributed by atoms with Crippen LogP contribution >= 0.6 is 0 Å². The fourth-order valence-corrected chi connectivity index (χ4v) is 7.46. The van der Waals surface area contributed by atoms with Gasteiger partial charge in [-0.2, -0.15) is 0 Å². The van der Waals surface area contributed by atoms with Crippen LogP contribution in [-0.2, 0) is 15.6 Å². The predicted octanol–water partition coefficient (Wildman–Crippen LogP) is 3.27. The molecule has 0 amide bonds. The Labute approximate surface area is 201 Å². The number of H-pyrrole nitrogens is 1. The molecule has 2 fully saturated rings. The Kier molecular flexibility index (Phi) is 6.35. The number of fused-ring (bicyclic) bond motifs is 1. The third-order valence-corrected chi connectivity index (χ3v) is 9.78. The molecule has 182 valence electrons. The first-order valence-electron chi connectivity index (χ1n) is 12.1. The van der Waals surface area contributed by atoms with Gasteiger partial charge in [-0.05, 0) is 56.1 Å². The molecular formula is C25H33N5O3S. The number of hydrogen-bond donors (Lipinski definition) is 2. The minimum atomic E-state index is -3.34. The number of aromatic nitrogens is 3. The van der Waals surface area contributed by atoms with Gasteiger partial charge >= 0.3 is 0 Å². The molecule has 0 bridgehead atoms. The van der Waals surface area contributed by atoms with E-state index in [1.807, 2.05) is 42.6 Å². The minimum absolute atomic E-state index is 0.169. The number of sulfonamides is 1. The van der Waals surface area contributed by atoms with Gasteiger partial charge in [-0.1, -0.05) is 30.3 Å². The van der Waals surface area contributed by atoms with Crippen molar-refractivity contribution in [1.29, 1.82) is 0 Å². The lowest BCUT2D eigenvalue weighted by Crippen LogP contribution is -2.47. The van der Waals surface area contributed by atoms with Crippen LogP contribution in [0.4, 0.5) is 5.82 Å². The number of aromatic amines is 1. The zero-order chi connectivity index (χ0) is 23.8. The summed E-state index contributed by atoms with van der Waals surface area (Å²) in [7, 11) is -1.28. The number of piperidine rings is 1. The van der Waals surface area contributed by atoms with Gasteiger partial charge in [-0.25, -0.2) is 22.7 Å². The highest BCUT2D eigenvalue weighted by Crippen LogP contribution is 2.36. The van der Waals surface area contributed by atoms with Gasteiger partial charge in [0.25, 0.3) is 0 Å². The van der Waals surface area contributed by atoms with E-state index >= 15 is 0 Å². The molecule has 2 aliphatic rings. The first-order chi connectivity index (χ1) is 16.4. The summed E-state index contributed by atoms with van der Waals surface area (Å²) in [5.41, 5.74) is 0.759. The monoisotopic (exact) mass is 483 g/mol. The Morgan fingerprint density at radius 3 is 2.50 bits per heavy atom. The summed E-state index contributed by atoms with van der Waals surface area (Å²) >= 11 is 0. The van der Waals surface area contributed by atoms with Crippen molar-refractivity contribution in [2.45, 2.75) is 50.2 Å². The van der Waals surface area contributed by atoms with Crippen LogP contribution in [0.5, 0.6) is 0 Å². The summed E-state index contributed by atoms with van der Waals surface area (Å²) in [4.78, 5) is 14.1. The molecule has 3 heterocycles. The van der Waals surface area contributed by atoms with Crippen molar-refractivity contribution in [2.24, 2.45) is 5.92 Å². The summed E-state index contributed by atoms with van der Waals surface area (Å²) in [5.74, 6) is 1.28. The Bertz CT molecular complexity index is 1210. The molecule has 34 heavy (non-hydrogen) atoms. The fraction of sp³-hybridized carbons (Fsp3) is 0.520. The molecule has 2 aromatic heterocycles. The van der Waals surface area contributed by atoms with Crippen molar-refractivity contribution >= 4 is 26.9 Å². The van der Waals surface area contributed by atoms with E-state index in [4.69, 9.17) is 0 Å². The second kappa shape index (κ2) is 9.28. The molecule has 1 saturated carbocycles.